The molecule has 2 heterocycles. The lowest BCUT2D eigenvalue weighted by atomic mass is 10.1. The summed E-state index contributed by atoms with van der Waals surface area (Å²) >= 11 is 0. The number of fused-ring (bicyclic) bond motifs is 1. The van der Waals surface area contributed by atoms with Crippen LogP contribution in [-0.2, 0) is 9.47 Å². The summed E-state index contributed by atoms with van der Waals surface area (Å²) in [6.45, 7) is 5.44. The maximum absolute atomic E-state index is 10.5. The van der Waals surface area contributed by atoms with Crippen LogP contribution < -0.4 is 20.1 Å². The molecule has 1 saturated heterocycles. The average molecular weight is 469 g/mol. The highest BCUT2D eigenvalue weighted by Crippen LogP contribution is 2.37. The molecule has 1 aliphatic rings. The Morgan fingerprint density at radius 3 is 2.41 bits per heavy atom. The molecular formula is C25H32N4O5. The van der Waals surface area contributed by atoms with E-state index in [2.05, 4.69) is 10.6 Å². The normalized spacial score (nSPS) is 15.6. The molecule has 9 nitrogen and oxygen atoms in total. The van der Waals surface area contributed by atoms with Gasteiger partial charge in [-0.15, -0.1) is 0 Å². The summed E-state index contributed by atoms with van der Waals surface area (Å²) in [6.07, 6.45) is 0.992. The number of aryl methyl sites for hydroxylation is 1. The quantitative estimate of drug-likeness (QED) is 0.366. The van der Waals surface area contributed by atoms with Crippen molar-refractivity contribution in [1.29, 1.82) is 0 Å². The molecule has 0 unspecified atom stereocenters. The van der Waals surface area contributed by atoms with Crippen molar-refractivity contribution in [1.82, 2.24) is 15.3 Å². The van der Waals surface area contributed by atoms with Crippen LogP contribution in [0.4, 0.5) is 5.82 Å². The molecule has 0 saturated carbocycles. The van der Waals surface area contributed by atoms with Crippen molar-refractivity contribution in [2.45, 2.75) is 19.4 Å². The average Bonchev–Trinajstić information content (AvgIpc) is 3.34. The van der Waals surface area contributed by atoms with E-state index in [1.807, 2.05) is 31.2 Å². The van der Waals surface area contributed by atoms with Gasteiger partial charge in [-0.1, -0.05) is 11.6 Å². The number of benzene rings is 2. The molecule has 1 aromatic heterocycles. The van der Waals surface area contributed by atoms with Crippen LogP contribution in [0.2, 0.25) is 0 Å². The van der Waals surface area contributed by atoms with Crippen molar-refractivity contribution in [2.24, 2.45) is 0 Å². The van der Waals surface area contributed by atoms with Gasteiger partial charge in [-0.25, -0.2) is 9.97 Å². The molecule has 182 valence electrons. The molecule has 1 atom stereocenters. The fourth-order valence-corrected chi connectivity index (χ4v) is 3.86. The molecule has 0 radical (unpaired) electrons. The van der Waals surface area contributed by atoms with Crippen LogP contribution in [0.15, 0.2) is 30.3 Å². The first kappa shape index (κ1) is 24.0. The maximum atomic E-state index is 10.5. The van der Waals surface area contributed by atoms with E-state index in [9.17, 15) is 5.11 Å². The topological polar surface area (TPSA) is 107 Å². The maximum Gasteiger partial charge on any atom is 0.165 e. The minimum absolute atomic E-state index is 0.134. The zero-order chi connectivity index (χ0) is 23.9. The van der Waals surface area contributed by atoms with Gasteiger partial charge < -0.3 is 34.7 Å². The van der Waals surface area contributed by atoms with Crippen molar-refractivity contribution < 1.29 is 24.1 Å². The lowest BCUT2D eigenvalue weighted by Crippen LogP contribution is -2.23. The van der Waals surface area contributed by atoms with Crippen LogP contribution in [0.3, 0.4) is 0 Å². The molecule has 4 rings (SSSR count). The van der Waals surface area contributed by atoms with Crippen LogP contribution in [0, 0.1) is 6.92 Å². The zero-order valence-electron chi connectivity index (χ0n) is 19.9. The second kappa shape index (κ2) is 11.3. The molecule has 3 N–H and O–H groups in total. The number of hydrogen-bond acceptors (Lipinski definition) is 9. The predicted octanol–water partition coefficient (Wildman–Crippen LogP) is 3.14. The van der Waals surface area contributed by atoms with Crippen molar-refractivity contribution in [3.8, 4) is 28.6 Å². The van der Waals surface area contributed by atoms with Gasteiger partial charge in [0.2, 0.25) is 0 Å². The van der Waals surface area contributed by atoms with E-state index in [4.69, 9.17) is 28.9 Å². The molecule has 2 aromatic carbocycles. The molecule has 0 aliphatic carbocycles. The molecule has 0 spiro atoms. The molecule has 34 heavy (non-hydrogen) atoms. The summed E-state index contributed by atoms with van der Waals surface area (Å²) in [5.74, 6) is 2.41. The number of phenols is 1. The van der Waals surface area contributed by atoms with Crippen molar-refractivity contribution >= 4 is 16.7 Å². The van der Waals surface area contributed by atoms with Crippen LogP contribution >= 0.6 is 0 Å². The van der Waals surface area contributed by atoms with Gasteiger partial charge in [0.05, 0.1) is 24.3 Å². The van der Waals surface area contributed by atoms with Gasteiger partial charge in [0.25, 0.3) is 0 Å². The van der Waals surface area contributed by atoms with E-state index in [1.54, 1.807) is 20.3 Å². The highest BCUT2D eigenvalue weighted by Gasteiger charge is 2.20. The minimum Gasteiger partial charge on any atom is -0.507 e. The first-order valence-electron chi connectivity index (χ1n) is 11.5. The number of nitrogens with one attached hydrogen (secondary N) is 2. The Morgan fingerprint density at radius 2 is 1.74 bits per heavy atom. The summed E-state index contributed by atoms with van der Waals surface area (Å²) in [5.41, 5.74) is 2.28. The minimum atomic E-state index is 0.134. The van der Waals surface area contributed by atoms with Crippen molar-refractivity contribution in [2.75, 3.05) is 59.1 Å². The van der Waals surface area contributed by atoms with Crippen molar-refractivity contribution in [3.63, 3.8) is 0 Å². The Kier molecular flexibility index (Phi) is 7.99. The SMILES string of the molecule is COCCOc1cc2nc(-c3cc(C)ccc3O)nc(N[C@H]3CCNC3)c2cc1OCCOC. The third-order valence-electron chi connectivity index (χ3n) is 5.65. The van der Waals surface area contributed by atoms with Crippen LogP contribution in [0.1, 0.15) is 12.0 Å². The second-order valence-corrected chi connectivity index (χ2v) is 8.25. The highest BCUT2D eigenvalue weighted by molar-refractivity contribution is 5.93. The first-order chi connectivity index (χ1) is 16.6. The number of nitrogens with zero attached hydrogens (tertiary/aromatic N) is 2. The Balaban J connectivity index is 1.82. The number of methoxy groups -OCH3 is 2. The van der Waals surface area contributed by atoms with Crippen LogP contribution in [0.5, 0.6) is 17.2 Å². The molecule has 9 heteroatoms. The lowest BCUT2D eigenvalue weighted by Gasteiger charge is -2.18. The Labute approximate surface area is 199 Å². The van der Waals surface area contributed by atoms with Gasteiger partial charge in [0.15, 0.2) is 17.3 Å². The summed E-state index contributed by atoms with van der Waals surface area (Å²) in [6, 6.07) is 9.40. The number of aromatic hydroxyl groups is 1. The van der Waals surface area contributed by atoms with E-state index in [0.29, 0.717) is 60.6 Å². The Bertz CT molecular complexity index is 1120. The van der Waals surface area contributed by atoms with Crippen LogP contribution in [-0.4, -0.2) is 74.9 Å². The first-order valence-corrected chi connectivity index (χ1v) is 11.5. The number of ether oxygens (including phenoxy) is 4. The van der Waals surface area contributed by atoms with Gasteiger partial charge in [-0.3, -0.25) is 0 Å². The van der Waals surface area contributed by atoms with E-state index in [-0.39, 0.29) is 11.8 Å². The second-order valence-electron chi connectivity index (χ2n) is 8.25. The molecular weight excluding hydrogens is 436 g/mol. The lowest BCUT2D eigenvalue weighted by molar-refractivity contribution is 0.132. The fraction of sp³-hybridized carbons (Fsp3) is 0.440. The molecule has 0 amide bonds. The number of anilines is 1. The number of phenolic OH excluding ortho intramolecular Hbond substituents is 1. The van der Waals surface area contributed by atoms with Crippen LogP contribution in [0.25, 0.3) is 22.3 Å². The Hall–Kier alpha value is -3.14. The van der Waals surface area contributed by atoms with Gasteiger partial charge in [-0.2, -0.15) is 0 Å². The van der Waals surface area contributed by atoms with E-state index in [1.165, 1.54) is 0 Å². The molecule has 1 aliphatic heterocycles. The summed E-state index contributed by atoms with van der Waals surface area (Å²) in [5, 5.41) is 18.3. The molecule has 3 aromatic rings. The number of rotatable bonds is 11. The summed E-state index contributed by atoms with van der Waals surface area (Å²) in [7, 11) is 3.26. The van der Waals surface area contributed by atoms with Gasteiger partial charge >= 0.3 is 0 Å². The molecule has 0 bridgehead atoms. The third kappa shape index (κ3) is 5.67. The number of hydrogen-bond donors (Lipinski definition) is 3. The van der Waals surface area contributed by atoms with Crippen molar-refractivity contribution in [3.05, 3.63) is 35.9 Å². The highest BCUT2D eigenvalue weighted by atomic mass is 16.5. The predicted molar refractivity (Wildman–Crippen MR) is 131 cm³/mol. The van der Waals surface area contributed by atoms with Gasteiger partial charge in [0, 0.05) is 38.3 Å². The largest absolute Gasteiger partial charge is 0.507 e. The third-order valence-corrected chi connectivity index (χ3v) is 5.65. The van der Waals surface area contributed by atoms with Gasteiger partial charge in [-0.05, 0) is 38.1 Å². The van der Waals surface area contributed by atoms with E-state index >= 15 is 0 Å². The van der Waals surface area contributed by atoms with Gasteiger partial charge in [0.1, 0.15) is 24.8 Å². The fourth-order valence-electron chi connectivity index (χ4n) is 3.86. The standard InChI is InChI=1S/C25H32N4O5/c1-16-4-5-21(30)19(12-16)25-28-20-14-23(34-11-9-32-3)22(33-10-8-31-2)13-18(20)24(29-25)27-17-6-7-26-15-17/h4-5,12-14,17,26,30H,6-11,15H2,1-3H3,(H,27,28,29)/t17-/m0/s1. The number of aromatic nitrogens is 2. The summed E-state index contributed by atoms with van der Waals surface area (Å²) in [4.78, 5) is 9.62. The van der Waals surface area contributed by atoms with E-state index < -0.39 is 0 Å². The monoisotopic (exact) mass is 468 g/mol. The summed E-state index contributed by atoms with van der Waals surface area (Å²) < 4.78 is 22.2. The Morgan fingerprint density at radius 1 is 1.00 bits per heavy atom. The van der Waals surface area contributed by atoms with E-state index in [0.717, 1.165) is 30.5 Å². The molecule has 1 fully saturated rings. The smallest absolute Gasteiger partial charge is 0.165 e. The zero-order valence-corrected chi connectivity index (χ0v) is 19.9.